The first-order chi connectivity index (χ1) is 13.6. The Hall–Kier alpha value is -2.09. The van der Waals surface area contributed by atoms with E-state index >= 15 is 0 Å². The molecule has 2 aromatic rings. The minimum atomic E-state index is -3.15. The molecule has 3 atom stereocenters. The maximum Gasteiger partial charge on any atom is 0.223 e. The van der Waals surface area contributed by atoms with Crippen molar-refractivity contribution in [3.8, 4) is 5.88 Å². The van der Waals surface area contributed by atoms with E-state index in [1.54, 1.807) is 32.3 Å². The first-order valence-electron chi connectivity index (χ1n) is 9.47. The average Bonchev–Trinajstić information content (AvgIpc) is 2.67. The number of fused-ring (bicyclic) bond motifs is 1. The van der Waals surface area contributed by atoms with E-state index in [1.807, 2.05) is 20.8 Å². The zero-order valence-corrected chi connectivity index (χ0v) is 18.8. The van der Waals surface area contributed by atoms with Crippen molar-refractivity contribution in [2.24, 2.45) is 5.11 Å². The topological polar surface area (TPSA) is 118 Å². The predicted octanol–water partition coefficient (Wildman–Crippen LogP) is 5.20. The van der Waals surface area contributed by atoms with Crippen LogP contribution in [0.4, 0.5) is 0 Å². The van der Waals surface area contributed by atoms with Crippen LogP contribution in [0.25, 0.3) is 21.2 Å². The summed E-state index contributed by atoms with van der Waals surface area (Å²) < 4.78 is 30.1. The fourth-order valence-electron chi connectivity index (χ4n) is 3.16. The third-order valence-electron chi connectivity index (χ3n) is 5.23. The van der Waals surface area contributed by atoms with Gasteiger partial charge < -0.3 is 4.74 Å². The van der Waals surface area contributed by atoms with Crippen molar-refractivity contribution in [3.63, 3.8) is 0 Å². The zero-order chi connectivity index (χ0) is 21.8. The molecule has 0 aromatic carbocycles. The summed E-state index contributed by atoms with van der Waals surface area (Å²) in [6.07, 6.45) is 3.71. The summed E-state index contributed by atoms with van der Waals surface area (Å²) in [5.74, 6) is 0.426. The van der Waals surface area contributed by atoms with Crippen LogP contribution in [-0.4, -0.2) is 35.5 Å². The minimum absolute atomic E-state index is 0.0915. The lowest BCUT2D eigenvalue weighted by molar-refractivity contribution is 0.205. The van der Waals surface area contributed by atoms with Gasteiger partial charge in [-0.25, -0.2) is 18.4 Å². The average molecular weight is 440 g/mol. The maximum absolute atomic E-state index is 12.1. The van der Waals surface area contributed by atoms with E-state index in [1.165, 1.54) is 0 Å². The summed E-state index contributed by atoms with van der Waals surface area (Å²) in [6.45, 7) is 8.88. The van der Waals surface area contributed by atoms with Crippen LogP contribution in [0.2, 0.25) is 5.15 Å². The molecule has 0 amide bonds. The molecule has 2 heterocycles. The Morgan fingerprint density at radius 1 is 1.28 bits per heavy atom. The predicted molar refractivity (Wildman–Crippen MR) is 115 cm³/mol. The van der Waals surface area contributed by atoms with E-state index in [-0.39, 0.29) is 11.9 Å². The molecule has 0 N–H and O–H groups in total. The smallest absolute Gasteiger partial charge is 0.223 e. The third kappa shape index (κ3) is 5.10. The molecule has 0 aliphatic rings. The first-order valence-corrected chi connectivity index (χ1v) is 11.6. The zero-order valence-electron chi connectivity index (χ0n) is 17.3. The molecule has 8 nitrogen and oxygen atoms in total. The Labute approximate surface area is 176 Å². The number of aromatic nitrogens is 2. The van der Waals surface area contributed by atoms with Gasteiger partial charge in [-0.2, -0.15) is 0 Å². The maximum atomic E-state index is 12.1. The van der Waals surface area contributed by atoms with Crippen LogP contribution in [0, 0.1) is 0 Å². The van der Waals surface area contributed by atoms with E-state index in [2.05, 4.69) is 20.0 Å². The van der Waals surface area contributed by atoms with Crippen molar-refractivity contribution in [1.29, 1.82) is 0 Å². The first kappa shape index (κ1) is 23.2. The normalized spacial score (nSPS) is 15.9. The number of rotatable bonds is 9. The Morgan fingerprint density at radius 3 is 2.55 bits per heavy atom. The number of ether oxygens (including phenoxy) is 1. The third-order valence-corrected chi connectivity index (χ3v) is 7.66. The number of nitrogens with zero attached hydrogens (tertiary/aromatic N) is 5. The summed E-state index contributed by atoms with van der Waals surface area (Å²) in [5.41, 5.74) is 8.90. The molecule has 2 rings (SSSR count). The standard InChI is InChI=1S/C19H26ClN5O3S/c1-6-19(5,24-25-21)16-11-23-18(15-10-22-17(20)9-14(15)16)28-12(3)8-13(4)29(26,27)7-2/h9-13H,6-8H2,1-5H3/t12-,13-,19?/m1/s1. The van der Waals surface area contributed by atoms with E-state index in [9.17, 15) is 8.42 Å². The highest BCUT2D eigenvalue weighted by Crippen LogP contribution is 2.37. The Balaban J connectivity index is 2.47. The lowest BCUT2D eigenvalue weighted by Gasteiger charge is -2.25. The summed E-state index contributed by atoms with van der Waals surface area (Å²) in [4.78, 5) is 11.5. The summed E-state index contributed by atoms with van der Waals surface area (Å²) in [6, 6.07) is 1.69. The Kier molecular flexibility index (Phi) is 7.32. The molecular weight excluding hydrogens is 414 g/mol. The van der Waals surface area contributed by atoms with Crippen LogP contribution in [0.3, 0.4) is 0 Å². The second kappa shape index (κ2) is 9.15. The molecule has 0 saturated carbocycles. The molecule has 0 bridgehead atoms. The summed E-state index contributed by atoms with van der Waals surface area (Å²) in [5, 5.41) is 5.09. The largest absolute Gasteiger partial charge is 0.474 e. The second-order valence-electron chi connectivity index (χ2n) is 7.27. The van der Waals surface area contributed by atoms with E-state index in [4.69, 9.17) is 21.9 Å². The van der Waals surface area contributed by atoms with Crippen LogP contribution in [0.1, 0.15) is 53.0 Å². The molecule has 1 unspecified atom stereocenters. The number of hydrogen-bond acceptors (Lipinski definition) is 6. The van der Waals surface area contributed by atoms with Crippen molar-refractivity contribution < 1.29 is 13.2 Å². The molecule has 0 fully saturated rings. The molecule has 2 aromatic heterocycles. The van der Waals surface area contributed by atoms with Gasteiger partial charge in [-0.05, 0) is 49.7 Å². The summed E-state index contributed by atoms with van der Waals surface area (Å²) >= 11 is 6.11. The van der Waals surface area contributed by atoms with Gasteiger partial charge in [-0.15, -0.1) is 0 Å². The molecule has 0 aliphatic heterocycles. The van der Waals surface area contributed by atoms with Gasteiger partial charge >= 0.3 is 0 Å². The Bertz CT molecular complexity index is 1040. The molecule has 29 heavy (non-hydrogen) atoms. The van der Waals surface area contributed by atoms with Crippen LogP contribution in [0.15, 0.2) is 23.6 Å². The van der Waals surface area contributed by atoms with E-state index < -0.39 is 20.6 Å². The lowest BCUT2D eigenvalue weighted by atomic mass is 9.88. The lowest BCUT2D eigenvalue weighted by Crippen LogP contribution is -2.27. The van der Waals surface area contributed by atoms with Crippen molar-refractivity contribution in [3.05, 3.63) is 39.6 Å². The van der Waals surface area contributed by atoms with Crippen molar-refractivity contribution in [1.82, 2.24) is 9.97 Å². The second-order valence-corrected chi connectivity index (χ2v) is 10.4. The number of pyridine rings is 2. The number of azide groups is 1. The number of halogens is 1. The van der Waals surface area contributed by atoms with Crippen LogP contribution < -0.4 is 4.74 Å². The number of hydrogen-bond donors (Lipinski definition) is 0. The fourth-order valence-corrected chi connectivity index (χ4v) is 4.45. The molecule has 0 aliphatic carbocycles. The van der Waals surface area contributed by atoms with E-state index in [0.717, 1.165) is 10.9 Å². The quantitative estimate of drug-likeness (QED) is 0.230. The molecular formula is C19H26ClN5O3S. The van der Waals surface area contributed by atoms with E-state index in [0.29, 0.717) is 29.3 Å². The highest BCUT2D eigenvalue weighted by molar-refractivity contribution is 7.91. The van der Waals surface area contributed by atoms with Gasteiger partial charge in [0.05, 0.1) is 22.3 Å². The van der Waals surface area contributed by atoms with Gasteiger partial charge in [-0.1, -0.05) is 30.6 Å². The van der Waals surface area contributed by atoms with Crippen LogP contribution >= 0.6 is 11.6 Å². The number of sulfone groups is 1. The monoisotopic (exact) mass is 439 g/mol. The summed E-state index contributed by atoms with van der Waals surface area (Å²) in [7, 11) is -3.15. The molecule has 0 saturated heterocycles. The van der Waals surface area contributed by atoms with Gasteiger partial charge in [0, 0.05) is 29.5 Å². The van der Waals surface area contributed by atoms with Gasteiger partial charge in [0.1, 0.15) is 5.15 Å². The fraction of sp³-hybridized carbons (Fsp3) is 0.579. The van der Waals surface area contributed by atoms with Gasteiger partial charge in [-0.3, -0.25) is 0 Å². The highest BCUT2D eigenvalue weighted by atomic mass is 35.5. The van der Waals surface area contributed by atoms with Crippen LogP contribution in [0.5, 0.6) is 5.88 Å². The van der Waals surface area contributed by atoms with Gasteiger partial charge in [0.2, 0.25) is 5.88 Å². The van der Waals surface area contributed by atoms with Crippen molar-refractivity contribution >= 4 is 32.2 Å². The molecule has 10 heteroatoms. The van der Waals surface area contributed by atoms with Crippen LogP contribution in [-0.2, 0) is 15.4 Å². The molecule has 0 radical (unpaired) electrons. The molecule has 0 spiro atoms. The molecule has 158 valence electrons. The minimum Gasteiger partial charge on any atom is -0.474 e. The highest BCUT2D eigenvalue weighted by Gasteiger charge is 2.28. The van der Waals surface area contributed by atoms with Gasteiger partial charge in [0.25, 0.3) is 0 Å². The van der Waals surface area contributed by atoms with Crippen molar-refractivity contribution in [2.45, 2.75) is 64.4 Å². The van der Waals surface area contributed by atoms with Gasteiger partial charge in [0.15, 0.2) is 9.84 Å². The Morgan fingerprint density at radius 2 is 1.97 bits per heavy atom. The van der Waals surface area contributed by atoms with Crippen molar-refractivity contribution in [2.75, 3.05) is 5.75 Å². The SMILES string of the molecule is CCC(C)(N=[N+]=[N-])c1cnc(O[C@H](C)C[C@@H](C)S(=O)(=O)CC)c2cnc(Cl)cc12.